The minimum absolute atomic E-state index is 0.268. The Morgan fingerprint density at radius 2 is 2.00 bits per heavy atom. The second kappa shape index (κ2) is 7.42. The predicted octanol–water partition coefficient (Wildman–Crippen LogP) is 2.97. The fraction of sp³-hybridized carbons (Fsp3) is 0.450. The number of nitrogens with zero attached hydrogens (tertiary/aromatic N) is 2. The number of aromatic nitrogens is 1. The molecule has 0 unspecified atom stereocenters. The molecular weight excluding hydrogens is 344 g/mol. The first kappa shape index (κ1) is 17.6. The lowest BCUT2D eigenvalue weighted by Crippen LogP contribution is -2.31. The van der Waals surface area contributed by atoms with Gasteiger partial charge in [-0.05, 0) is 56.2 Å². The zero-order valence-corrected chi connectivity index (χ0v) is 15.2. The molecule has 1 aromatic carbocycles. The number of nitrogens with one attached hydrogen (secondary N) is 1. The van der Waals surface area contributed by atoms with Gasteiger partial charge >= 0.3 is 0 Å². The minimum Gasteiger partial charge on any atom is -0.448 e. The lowest BCUT2D eigenvalue weighted by Gasteiger charge is -2.30. The second-order valence-corrected chi connectivity index (χ2v) is 7.37. The largest absolute Gasteiger partial charge is 0.448 e. The highest BCUT2D eigenvalue weighted by Gasteiger charge is 2.25. The third-order valence-corrected chi connectivity index (χ3v) is 5.16. The lowest BCUT2D eigenvalue weighted by molar-refractivity contribution is 0.0998. The van der Waals surface area contributed by atoms with E-state index in [4.69, 9.17) is 10.2 Å². The van der Waals surface area contributed by atoms with E-state index in [0.29, 0.717) is 23.1 Å². The summed E-state index contributed by atoms with van der Waals surface area (Å²) in [5, 5.41) is 2.85. The fourth-order valence-corrected chi connectivity index (χ4v) is 3.49. The molecule has 0 bridgehead atoms. The summed E-state index contributed by atoms with van der Waals surface area (Å²) in [6.07, 6.45) is 7.95. The van der Waals surface area contributed by atoms with Crippen LogP contribution in [-0.2, 0) is 6.42 Å². The summed E-state index contributed by atoms with van der Waals surface area (Å²) in [5.41, 5.74) is 7.66. The van der Waals surface area contributed by atoms with Crippen molar-refractivity contribution >= 4 is 23.2 Å². The number of oxazole rings is 1. The molecule has 2 aromatic rings. The van der Waals surface area contributed by atoms with Gasteiger partial charge in [0.15, 0.2) is 11.6 Å². The lowest BCUT2D eigenvalue weighted by atomic mass is 10.1. The number of hydrogen-bond acceptors (Lipinski definition) is 5. The first-order chi connectivity index (χ1) is 13.1. The Morgan fingerprint density at radius 3 is 2.70 bits per heavy atom. The molecule has 2 fully saturated rings. The number of benzene rings is 1. The van der Waals surface area contributed by atoms with Crippen molar-refractivity contribution in [3.8, 4) is 0 Å². The number of nitrogens with two attached hydrogens (primary N) is 1. The summed E-state index contributed by atoms with van der Waals surface area (Å²) in [5.74, 6) is 0.473. The van der Waals surface area contributed by atoms with Crippen LogP contribution in [0.2, 0.25) is 0 Å². The summed E-state index contributed by atoms with van der Waals surface area (Å²) in [6.45, 7) is 1.76. The second-order valence-electron chi connectivity index (χ2n) is 7.37. The molecule has 1 aliphatic carbocycles. The van der Waals surface area contributed by atoms with Crippen LogP contribution < -0.4 is 16.0 Å². The molecule has 2 heterocycles. The van der Waals surface area contributed by atoms with E-state index in [9.17, 15) is 9.59 Å². The smallest absolute Gasteiger partial charge is 0.277 e. The van der Waals surface area contributed by atoms with E-state index >= 15 is 0 Å². The van der Waals surface area contributed by atoms with Crippen LogP contribution in [-0.4, -0.2) is 29.9 Å². The normalized spacial score (nSPS) is 17.0. The highest BCUT2D eigenvalue weighted by atomic mass is 16.3. The number of anilines is 2. The van der Waals surface area contributed by atoms with Gasteiger partial charge in [0.2, 0.25) is 0 Å². The molecule has 0 atom stereocenters. The maximum Gasteiger partial charge on any atom is 0.277 e. The number of carbonyl (C=O) groups is 2. The van der Waals surface area contributed by atoms with Crippen molar-refractivity contribution in [2.45, 2.75) is 38.5 Å². The number of primary amides is 1. The fourth-order valence-electron chi connectivity index (χ4n) is 3.49. The van der Waals surface area contributed by atoms with Gasteiger partial charge in [-0.3, -0.25) is 9.59 Å². The zero-order chi connectivity index (χ0) is 18.8. The number of hydrogen-bond donors (Lipinski definition) is 2. The monoisotopic (exact) mass is 368 g/mol. The summed E-state index contributed by atoms with van der Waals surface area (Å²) in [4.78, 5) is 30.7. The van der Waals surface area contributed by atoms with Crippen molar-refractivity contribution in [2.24, 2.45) is 11.7 Å². The van der Waals surface area contributed by atoms with Gasteiger partial charge in [-0.1, -0.05) is 0 Å². The third kappa shape index (κ3) is 4.13. The molecule has 7 heteroatoms. The Balaban J connectivity index is 1.51. The Kier molecular flexibility index (Phi) is 4.83. The molecular formula is C20H24N4O3. The first-order valence-electron chi connectivity index (χ1n) is 9.55. The molecule has 4 rings (SSSR count). The van der Waals surface area contributed by atoms with Crippen molar-refractivity contribution in [2.75, 3.05) is 23.3 Å². The first-order valence-corrected chi connectivity index (χ1v) is 9.55. The Hall–Kier alpha value is -2.83. The van der Waals surface area contributed by atoms with Gasteiger partial charge in [0, 0.05) is 25.2 Å². The van der Waals surface area contributed by atoms with Crippen LogP contribution in [0.25, 0.3) is 0 Å². The summed E-state index contributed by atoms with van der Waals surface area (Å²) >= 11 is 0. The third-order valence-electron chi connectivity index (χ3n) is 5.16. The van der Waals surface area contributed by atoms with E-state index < -0.39 is 5.91 Å². The molecule has 1 aromatic heterocycles. The van der Waals surface area contributed by atoms with E-state index in [2.05, 4.69) is 15.2 Å². The number of piperidine rings is 1. The van der Waals surface area contributed by atoms with Crippen LogP contribution in [0.5, 0.6) is 0 Å². The van der Waals surface area contributed by atoms with Gasteiger partial charge in [0.1, 0.15) is 6.26 Å². The Bertz CT molecular complexity index is 851. The van der Waals surface area contributed by atoms with Crippen LogP contribution in [0.4, 0.5) is 11.4 Å². The summed E-state index contributed by atoms with van der Waals surface area (Å²) in [7, 11) is 0. The summed E-state index contributed by atoms with van der Waals surface area (Å²) in [6, 6.07) is 5.17. The molecule has 1 aliphatic heterocycles. The molecule has 142 valence electrons. The number of carbonyl (C=O) groups excluding carboxylic acids is 2. The van der Waals surface area contributed by atoms with Crippen molar-refractivity contribution in [1.29, 1.82) is 0 Å². The van der Waals surface area contributed by atoms with E-state index in [1.165, 1.54) is 25.5 Å². The van der Waals surface area contributed by atoms with Gasteiger partial charge in [-0.25, -0.2) is 4.98 Å². The highest BCUT2D eigenvalue weighted by Crippen LogP contribution is 2.32. The van der Waals surface area contributed by atoms with Crippen molar-refractivity contribution in [3.05, 3.63) is 41.6 Å². The Labute approximate surface area is 157 Å². The maximum absolute atomic E-state index is 12.5. The van der Waals surface area contributed by atoms with Crippen LogP contribution >= 0.6 is 0 Å². The van der Waals surface area contributed by atoms with Gasteiger partial charge in [-0.2, -0.15) is 0 Å². The van der Waals surface area contributed by atoms with Gasteiger partial charge in [0.05, 0.1) is 11.3 Å². The van der Waals surface area contributed by atoms with E-state index in [0.717, 1.165) is 38.0 Å². The van der Waals surface area contributed by atoms with Crippen LogP contribution in [0.15, 0.2) is 28.9 Å². The minimum atomic E-state index is -0.463. The average molecular weight is 368 g/mol. The molecule has 0 radical (unpaired) electrons. The van der Waals surface area contributed by atoms with E-state index in [-0.39, 0.29) is 11.6 Å². The Morgan fingerprint density at radius 1 is 1.22 bits per heavy atom. The van der Waals surface area contributed by atoms with Gasteiger partial charge in [0.25, 0.3) is 11.8 Å². The predicted molar refractivity (Wildman–Crippen MR) is 102 cm³/mol. The molecule has 1 saturated carbocycles. The maximum atomic E-state index is 12.5. The summed E-state index contributed by atoms with van der Waals surface area (Å²) < 4.78 is 5.40. The quantitative estimate of drug-likeness (QED) is 0.816. The molecule has 2 aliphatic rings. The van der Waals surface area contributed by atoms with Crippen LogP contribution in [0, 0.1) is 5.92 Å². The van der Waals surface area contributed by atoms with E-state index in [1.807, 2.05) is 6.07 Å². The SMILES string of the molecule is NC(=O)c1ccc(NC(=O)c2coc(CC3CC3)n2)cc1N1CCCCC1. The molecule has 2 amide bonds. The number of rotatable bonds is 6. The molecule has 7 nitrogen and oxygen atoms in total. The van der Waals surface area contributed by atoms with Crippen molar-refractivity contribution < 1.29 is 14.0 Å². The van der Waals surface area contributed by atoms with Crippen LogP contribution in [0.3, 0.4) is 0 Å². The average Bonchev–Trinajstić information content (AvgIpc) is 3.36. The van der Waals surface area contributed by atoms with E-state index in [1.54, 1.807) is 12.1 Å². The molecule has 27 heavy (non-hydrogen) atoms. The van der Waals surface area contributed by atoms with Gasteiger partial charge in [-0.15, -0.1) is 0 Å². The molecule has 3 N–H and O–H groups in total. The molecule has 1 saturated heterocycles. The van der Waals surface area contributed by atoms with Crippen LogP contribution in [0.1, 0.15) is 58.8 Å². The topological polar surface area (TPSA) is 101 Å². The van der Waals surface area contributed by atoms with Crippen molar-refractivity contribution in [1.82, 2.24) is 4.98 Å². The standard InChI is InChI=1S/C20H24N4O3/c21-19(25)15-7-6-14(11-17(15)24-8-2-1-3-9-24)22-20(26)16-12-27-18(23-16)10-13-4-5-13/h6-7,11-13H,1-5,8-10H2,(H2,21,25)(H,22,26). The van der Waals surface area contributed by atoms with Crippen molar-refractivity contribution in [3.63, 3.8) is 0 Å². The van der Waals surface area contributed by atoms with Gasteiger partial charge < -0.3 is 20.4 Å². The highest BCUT2D eigenvalue weighted by molar-refractivity contribution is 6.04. The number of amides is 2. The molecule has 0 spiro atoms. The zero-order valence-electron chi connectivity index (χ0n) is 15.2.